The van der Waals surface area contributed by atoms with Crippen LogP contribution in [0.2, 0.25) is 0 Å². The largest absolute Gasteiger partial charge is 0.380 e. The Morgan fingerprint density at radius 2 is 1.83 bits per heavy atom. The van der Waals surface area contributed by atoms with Crippen LogP contribution in [-0.4, -0.2) is 0 Å². The van der Waals surface area contributed by atoms with Gasteiger partial charge in [0.05, 0.1) is 0 Å². The van der Waals surface area contributed by atoms with E-state index in [1.54, 1.807) is 0 Å². The maximum absolute atomic E-state index is 3.59. The molecule has 0 amide bonds. The van der Waals surface area contributed by atoms with E-state index in [-0.39, 0.29) is 0 Å². The molecular weight excluding hydrogens is 286 g/mol. The molecule has 0 bridgehead atoms. The van der Waals surface area contributed by atoms with Gasteiger partial charge in [0, 0.05) is 16.7 Å². The fourth-order valence-electron chi connectivity index (χ4n) is 1.96. The Hall–Kier alpha value is -1.28. The Bertz CT molecular complexity index is 561. The molecule has 2 heteroatoms. The van der Waals surface area contributed by atoms with Gasteiger partial charge in [-0.1, -0.05) is 24.3 Å². The van der Waals surface area contributed by atoms with Crippen LogP contribution in [0.1, 0.15) is 22.3 Å². The van der Waals surface area contributed by atoms with E-state index in [0.717, 1.165) is 16.7 Å². The van der Waals surface area contributed by atoms with Gasteiger partial charge in [0.2, 0.25) is 0 Å². The summed E-state index contributed by atoms with van der Waals surface area (Å²) in [5.74, 6) is 0. The lowest BCUT2D eigenvalue weighted by Crippen LogP contribution is -2.02. The molecule has 0 unspecified atom stereocenters. The molecule has 0 aliphatic carbocycles. The molecule has 2 aromatic carbocycles. The number of halogens is 1. The van der Waals surface area contributed by atoms with Crippen LogP contribution in [0.3, 0.4) is 0 Å². The van der Waals surface area contributed by atoms with Crippen molar-refractivity contribution in [3.05, 3.63) is 63.1 Å². The van der Waals surface area contributed by atoms with Gasteiger partial charge in [-0.25, -0.2) is 0 Å². The Morgan fingerprint density at radius 1 is 1.06 bits per heavy atom. The maximum atomic E-state index is 3.59. The normalized spacial score (nSPS) is 10.4. The van der Waals surface area contributed by atoms with Crippen molar-refractivity contribution in [2.75, 3.05) is 5.32 Å². The predicted molar refractivity (Wildman–Crippen MR) is 82.1 cm³/mol. The van der Waals surface area contributed by atoms with Crippen LogP contribution >= 0.6 is 15.9 Å². The molecule has 18 heavy (non-hydrogen) atoms. The number of hydrogen-bond donors (Lipinski definition) is 1. The van der Waals surface area contributed by atoms with Crippen LogP contribution in [0.4, 0.5) is 5.69 Å². The summed E-state index contributed by atoms with van der Waals surface area (Å²) in [7, 11) is 0. The van der Waals surface area contributed by atoms with Gasteiger partial charge in [0.1, 0.15) is 0 Å². The molecule has 0 saturated heterocycles. The molecule has 0 aliphatic heterocycles. The molecule has 0 saturated carbocycles. The molecule has 0 heterocycles. The fourth-order valence-corrected chi connectivity index (χ4v) is 2.59. The SMILES string of the molecule is Cc1ccc(NCc2cccc(C)c2C)c(Br)c1. The van der Waals surface area contributed by atoms with Gasteiger partial charge in [0.25, 0.3) is 0 Å². The number of aryl methyl sites for hydroxylation is 2. The second-order valence-electron chi connectivity index (χ2n) is 4.70. The third-order valence-corrected chi connectivity index (χ3v) is 3.97. The lowest BCUT2D eigenvalue weighted by molar-refractivity contribution is 1.10. The summed E-state index contributed by atoms with van der Waals surface area (Å²) in [4.78, 5) is 0. The van der Waals surface area contributed by atoms with E-state index in [0.29, 0.717) is 0 Å². The zero-order chi connectivity index (χ0) is 13.1. The maximum Gasteiger partial charge on any atom is 0.0487 e. The Labute approximate surface area is 117 Å². The van der Waals surface area contributed by atoms with Crippen LogP contribution in [0.5, 0.6) is 0 Å². The lowest BCUT2D eigenvalue weighted by atomic mass is 10.0. The third-order valence-electron chi connectivity index (χ3n) is 3.31. The summed E-state index contributed by atoms with van der Waals surface area (Å²) >= 11 is 3.59. The van der Waals surface area contributed by atoms with Crippen LogP contribution < -0.4 is 5.32 Å². The summed E-state index contributed by atoms with van der Waals surface area (Å²) in [6.45, 7) is 7.28. The van der Waals surface area contributed by atoms with Gasteiger partial charge < -0.3 is 5.32 Å². The summed E-state index contributed by atoms with van der Waals surface area (Å²) in [5.41, 5.74) is 6.47. The molecular formula is C16H18BrN. The molecule has 0 aromatic heterocycles. The summed E-state index contributed by atoms with van der Waals surface area (Å²) in [6.07, 6.45) is 0. The van der Waals surface area contributed by atoms with Gasteiger partial charge in [-0.3, -0.25) is 0 Å². The van der Waals surface area contributed by atoms with Crippen molar-refractivity contribution in [1.82, 2.24) is 0 Å². The average molecular weight is 304 g/mol. The molecule has 2 rings (SSSR count). The highest BCUT2D eigenvalue weighted by Crippen LogP contribution is 2.24. The van der Waals surface area contributed by atoms with Crippen LogP contribution in [0, 0.1) is 20.8 Å². The Kier molecular flexibility index (Phi) is 4.07. The summed E-state index contributed by atoms with van der Waals surface area (Å²) in [5, 5.41) is 3.48. The number of anilines is 1. The first-order chi connectivity index (χ1) is 8.58. The lowest BCUT2D eigenvalue weighted by Gasteiger charge is -2.12. The fraction of sp³-hybridized carbons (Fsp3) is 0.250. The number of benzene rings is 2. The second kappa shape index (κ2) is 5.57. The first-order valence-corrected chi connectivity index (χ1v) is 6.92. The molecule has 94 valence electrons. The van der Waals surface area contributed by atoms with Gasteiger partial charge in [-0.15, -0.1) is 0 Å². The number of hydrogen-bond acceptors (Lipinski definition) is 1. The zero-order valence-electron chi connectivity index (χ0n) is 11.0. The summed E-state index contributed by atoms with van der Waals surface area (Å²) < 4.78 is 1.12. The van der Waals surface area contributed by atoms with Crippen molar-refractivity contribution in [2.45, 2.75) is 27.3 Å². The summed E-state index contributed by atoms with van der Waals surface area (Å²) in [6, 6.07) is 12.8. The molecule has 2 aromatic rings. The van der Waals surface area contributed by atoms with Crippen molar-refractivity contribution in [1.29, 1.82) is 0 Å². The molecule has 0 atom stereocenters. The van der Waals surface area contributed by atoms with Crippen LogP contribution in [-0.2, 0) is 6.54 Å². The minimum atomic E-state index is 0.856. The van der Waals surface area contributed by atoms with Crippen molar-refractivity contribution >= 4 is 21.6 Å². The molecule has 0 radical (unpaired) electrons. The van der Waals surface area contributed by atoms with E-state index in [9.17, 15) is 0 Å². The number of nitrogens with one attached hydrogen (secondary N) is 1. The minimum absolute atomic E-state index is 0.856. The highest BCUT2D eigenvalue weighted by Gasteiger charge is 2.03. The second-order valence-corrected chi connectivity index (χ2v) is 5.55. The van der Waals surface area contributed by atoms with Crippen molar-refractivity contribution < 1.29 is 0 Å². The van der Waals surface area contributed by atoms with Crippen molar-refractivity contribution in [3.8, 4) is 0 Å². The zero-order valence-corrected chi connectivity index (χ0v) is 12.6. The van der Waals surface area contributed by atoms with E-state index in [2.05, 4.69) is 78.4 Å². The van der Waals surface area contributed by atoms with Crippen molar-refractivity contribution in [2.24, 2.45) is 0 Å². The topological polar surface area (TPSA) is 12.0 Å². The highest BCUT2D eigenvalue weighted by atomic mass is 79.9. The third kappa shape index (κ3) is 2.94. The smallest absolute Gasteiger partial charge is 0.0487 e. The van der Waals surface area contributed by atoms with Gasteiger partial charge in [-0.05, 0) is 71.1 Å². The molecule has 0 spiro atoms. The van der Waals surface area contributed by atoms with E-state index in [1.807, 2.05) is 0 Å². The Morgan fingerprint density at radius 3 is 2.56 bits per heavy atom. The van der Waals surface area contributed by atoms with E-state index < -0.39 is 0 Å². The quantitative estimate of drug-likeness (QED) is 0.842. The molecule has 0 fully saturated rings. The standard InChI is InChI=1S/C16H18BrN/c1-11-7-8-16(15(17)9-11)18-10-14-6-4-5-12(2)13(14)3/h4-9,18H,10H2,1-3H3. The van der Waals surface area contributed by atoms with Crippen LogP contribution in [0.15, 0.2) is 40.9 Å². The monoisotopic (exact) mass is 303 g/mol. The molecule has 0 aliphatic rings. The first kappa shape index (κ1) is 13.2. The van der Waals surface area contributed by atoms with E-state index in [1.165, 1.54) is 22.3 Å². The van der Waals surface area contributed by atoms with E-state index >= 15 is 0 Å². The molecule has 1 nitrogen and oxygen atoms in total. The Balaban J connectivity index is 2.14. The van der Waals surface area contributed by atoms with Crippen molar-refractivity contribution in [3.63, 3.8) is 0 Å². The average Bonchev–Trinajstić information content (AvgIpc) is 2.33. The first-order valence-electron chi connectivity index (χ1n) is 6.13. The predicted octanol–water partition coefficient (Wildman–Crippen LogP) is 4.99. The van der Waals surface area contributed by atoms with Gasteiger partial charge in [-0.2, -0.15) is 0 Å². The van der Waals surface area contributed by atoms with E-state index in [4.69, 9.17) is 0 Å². The molecule has 1 N–H and O–H groups in total. The van der Waals surface area contributed by atoms with Crippen LogP contribution in [0.25, 0.3) is 0 Å². The van der Waals surface area contributed by atoms with Gasteiger partial charge in [0.15, 0.2) is 0 Å². The highest BCUT2D eigenvalue weighted by molar-refractivity contribution is 9.10. The number of rotatable bonds is 3. The minimum Gasteiger partial charge on any atom is -0.380 e. The van der Waals surface area contributed by atoms with Gasteiger partial charge >= 0.3 is 0 Å².